The molecule has 1 aliphatic rings. The topological polar surface area (TPSA) is 49.3 Å². The van der Waals surface area contributed by atoms with Crippen LogP contribution in [0.4, 0.5) is 14.6 Å². The predicted octanol–water partition coefficient (Wildman–Crippen LogP) is 3.69. The number of piperazine rings is 1. The van der Waals surface area contributed by atoms with Gasteiger partial charge < -0.3 is 9.80 Å². The number of amides is 1. The van der Waals surface area contributed by atoms with E-state index in [9.17, 15) is 13.6 Å². The summed E-state index contributed by atoms with van der Waals surface area (Å²) in [6.07, 6.45) is 0. The Morgan fingerprint density at radius 2 is 1.66 bits per heavy atom. The van der Waals surface area contributed by atoms with E-state index in [1.54, 1.807) is 4.90 Å². The van der Waals surface area contributed by atoms with Crippen LogP contribution in [0.25, 0.3) is 11.3 Å². The van der Waals surface area contributed by atoms with Crippen molar-refractivity contribution in [2.24, 2.45) is 0 Å². The summed E-state index contributed by atoms with van der Waals surface area (Å²) < 4.78 is 27.0. The Bertz CT molecular complexity index is 1030. The molecule has 29 heavy (non-hydrogen) atoms. The van der Waals surface area contributed by atoms with Gasteiger partial charge in [0, 0.05) is 43.9 Å². The highest BCUT2D eigenvalue weighted by atomic mass is 19.1. The molecule has 4 rings (SSSR count). The number of hydrogen-bond acceptors (Lipinski definition) is 4. The first kappa shape index (κ1) is 19.0. The van der Waals surface area contributed by atoms with Gasteiger partial charge in [-0.1, -0.05) is 30.3 Å². The molecule has 1 fully saturated rings. The van der Waals surface area contributed by atoms with Gasteiger partial charge in [-0.05, 0) is 19.1 Å². The zero-order valence-electron chi connectivity index (χ0n) is 16.0. The molecule has 0 aliphatic carbocycles. The van der Waals surface area contributed by atoms with E-state index in [2.05, 4.69) is 14.9 Å². The van der Waals surface area contributed by atoms with Crippen LogP contribution in [0.15, 0.2) is 54.6 Å². The van der Waals surface area contributed by atoms with Crippen LogP contribution in [-0.4, -0.2) is 47.0 Å². The molecule has 7 heteroatoms. The van der Waals surface area contributed by atoms with Crippen molar-refractivity contribution in [3.63, 3.8) is 0 Å². The van der Waals surface area contributed by atoms with Gasteiger partial charge in [-0.25, -0.2) is 18.7 Å². The summed E-state index contributed by atoms with van der Waals surface area (Å²) in [5.74, 6) is -0.482. The van der Waals surface area contributed by atoms with Crippen LogP contribution >= 0.6 is 0 Å². The van der Waals surface area contributed by atoms with Crippen LogP contribution in [0.3, 0.4) is 0 Å². The summed E-state index contributed by atoms with van der Waals surface area (Å²) in [5.41, 5.74) is 1.75. The van der Waals surface area contributed by atoms with Crippen molar-refractivity contribution in [3.8, 4) is 11.3 Å². The molecule has 0 spiro atoms. The van der Waals surface area contributed by atoms with Gasteiger partial charge in [0.25, 0.3) is 5.91 Å². The molecular weight excluding hydrogens is 374 g/mol. The first-order valence-electron chi connectivity index (χ1n) is 9.41. The summed E-state index contributed by atoms with van der Waals surface area (Å²) in [7, 11) is 0. The highest BCUT2D eigenvalue weighted by Crippen LogP contribution is 2.23. The van der Waals surface area contributed by atoms with Gasteiger partial charge >= 0.3 is 0 Å². The maximum atomic E-state index is 13.9. The van der Waals surface area contributed by atoms with Crippen LogP contribution in [0, 0.1) is 18.6 Å². The highest BCUT2D eigenvalue weighted by Gasteiger charge is 2.25. The number of aromatic nitrogens is 2. The van der Waals surface area contributed by atoms with Crippen molar-refractivity contribution < 1.29 is 13.6 Å². The van der Waals surface area contributed by atoms with Gasteiger partial charge in [0.05, 0.1) is 11.3 Å². The third-order valence-corrected chi connectivity index (χ3v) is 4.95. The molecule has 0 atom stereocenters. The van der Waals surface area contributed by atoms with Gasteiger partial charge in [-0.3, -0.25) is 4.79 Å². The lowest BCUT2D eigenvalue weighted by molar-refractivity contribution is 0.0741. The molecule has 3 aromatic rings. The van der Waals surface area contributed by atoms with Crippen LogP contribution in [-0.2, 0) is 0 Å². The Hall–Kier alpha value is -3.35. The molecule has 1 aromatic heterocycles. The lowest BCUT2D eigenvalue weighted by Gasteiger charge is -2.35. The fraction of sp³-hybridized carbons (Fsp3) is 0.227. The molecule has 1 saturated heterocycles. The van der Waals surface area contributed by atoms with E-state index in [-0.39, 0.29) is 5.56 Å². The number of aryl methyl sites for hydroxylation is 1. The van der Waals surface area contributed by atoms with E-state index in [1.165, 1.54) is 6.07 Å². The summed E-state index contributed by atoms with van der Waals surface area (Å²) >= 11 is 0. The fourth-order valence-corrected chi connectivity index (χ4v) is 3.44. The predicted molar refractivity (Wildman–Crippen MR) is 107 cm³/mol. The fourth-order valence-electron chi connectivity index (χ4n) is 3.44. The number of rotatable bonds is 3. The van der Waals surface area contributed by atoms with E-state index >= 15 is 0 Å². The third-order valence-electron chi connectivity index (χ3n) is 4.95. The molecule has 1 amide bonds. The minimum absolute atomic E-state index is 0.107. The Morgan fingerprint density at radius 3 is 2.34 bits per heavy atom. The Balaban J connectivity index is 1.48. The maximum absolute atomic E-state index is 13.9. The van der Waals surface area contributed by atoms with Gasteiger partial charge in [-0.15, -0.1) is 0 Å². The van der Waals surface area contributed by atoms with Gasteiger partial charge in [-0.2, -0.15) is 0 Å². The van der Waals surface area contributed by atoms with Crippen molar-refractivity contribution in [3.05, 3.63) is 77.6 Å². The first-order chi connectivity index (χ1) is 14.0. The van der Waals surface area contributed by atoms with Crippen molar-refractivity contribution in [1.82, 2.24) is 14.9 Å². The molecule has 0 N–H and O–H groups in total. The van der Waals surface area contributed by atoms with Crippen LogP contribution in [0.5, 0.6) is 0 Å². The molecule has 2 aromatic carbocycles. The minimum Gasteiger partial charge on any atom is -0.353 e. The van der Waals surface area contributed by atoms with Crippen molar-refractivity contribution in [2.45, 2.75) is 6.92 Å². The smallest absolute Gasteiger partial charge is 0.256 e. The Labute approximate surface area is 167 Å². The van der Waals surface area contributed by atoms with Crippen molar-refractivity contribution in [2.75, 3.05) is 31.1 Å². The Kier molecular flexibility index (Phi) is 5.20. The summed E-state index contributed by atoms with van der Waals surface area (Å²) in [6.45, 7) is 3.85. The second-order valence-electron chi connectivity index (χ2n) is 6.93. The lowest BCUT2D eigenvalue weighted by Crippen LogP contribution is -2.49. The Morgan fingerprint density at radius 1 is 0.931 bits per heavy atom. The molecule has 0 bridgehead atoms. The molecule has 2 heterocycles. The van der Waals surface area contributed by atoms with Crippen LogP contribution in [0.1, 0.15) is 16.2 Å². The molecule has 148 valence electrons. The number of carbonyl (C=O) groups excluding carboxylic acids is 1. The number of nitrogens with zero attached hydrogens (tertiary/aromatic N) is 4. The van der Waals surface area contributed by atoms with E-state index in [1.807, 2.05) is 43.3 Å². The third kappa shape index (κ3) is 4.08. The molecule has 0 saturated carbocycles. The largest absolute Gasteiger partial charge is 0.353 e. The second kappa shape index (κ2) is 7.95. The minimum atomic E-state index is -0.837. The summed E-state index contributed by atoms with van der Waals surface area (Å²) in [5, 5.41) is 0. The van der Waals surface area contributed by atoms with Crippen LogP contribution < -0.4 is 4.90 Å². The zero-order valence-corrected chi connectivity index (χ0v) is 16.0. The second-order valence-corrected chi connectivity index (χ2v) is 6.93. The molecule has 5 nitrogen and oxygen atoms in total. The highest BCUT2D eigenvalue weighted by molar-refractivity contribution is 5.94. The first-order valence-corrected chi connectivity index (χ1v) is 9.41. The molecule has 0 radical (unpaired) electrons. The standard InChI is InChI=1S/C22H20F2N4O/c1-15-25-20(16-5-3-2-4-6-16)14-21(26-15)27-9-11-28(12-10-27)22(29)18-8-7-17(23)13-19(18)24/h2-8,13-14H,9-12H2,1H3. The van der Waals surface area contributed by atoms with Crippen molar-refractivity contribution in [1.29, 1.82) is 0 Å². The van der Waals surface area contributed by atoms with E-state index in [4.69, 9.17) is 0 Å². The number of halogens is 2. The van der Waals surface area contributed by atoms with Crippen LogP contribution in [0.2, 0.25) is 0 Å². The zero-order chi connectivity index (χ0) is 20.4. The van der Waals surface area contributed by atoms with Crippen molar-refractivity contribution >= 4 is 11.7 Å². The quantitative estimate of drug-likeness (QED) is 0.680. The maximum Gasteiger partial charge on any atom is 0.256 e. The van der Waals surface area contributed by atoms with E-state index in [0.717, 1.165) is 29.2 Å². The van der Waals surface area contributed by atoms with Gasteiger partial charge in [0.15, 0.2) is 0 Å². The number of carbonyl (C=O) groups is 1. The lowest BCUT2D eigenvalue weighted by atomic mass is 10.1. The summed E-state index contributed by atoms with van der Waals surface area (Å²) in [6, 6.07) is 14.9. The average Bonchev–Trinajstić information content (AvgIpc) is 2.74. The van der Waals surface area contributed by atoms with Gasteiger partial charge in [0.2, 0.25) is 0 Å². The number of anilines is 1. The molecule has 0 unspecified atom stereocenters. The number of hydrogen-bond donors (Lipinski definition) is 0. The van der Waals surface area contributed by atoms with Gasteiger partial charge in [0.1, 0.15) is 23.3 Å². The average molecular weight is 394 g/mol. The SMILES string of the molecule is Cc1nc(-c2ccccc2)cc(N2CCN(C(=O)c3ccc(F)cc3F)CC2)n1. The molecule has 1 aliphatic heterocycles. The molecular formula is C22H20F2N4O. The summed E-state index contributed by atoms with van der Waals surface area (Å²) in [4.78, 5) is 25.3. The normalized spacial score (nSPS) is 14.2. The van der Waals surface area contributed by atoms with E-state index < -0.39 is 17.5 Å². The van der Waals surface area contributed by atoms with E-state index in [0.29, 0.717) is 32.0 Å². The monoisotopic (exact) mass is 394 g/mol. The number of benzene rings is 2.